The second kappa shape index (κ2) is 16.6. The summed E-state index contributed by atoms with van der Waals surface area (Å²) in [6, 6.07) is 0. The molecule has 0 bridgehead atoms. The highest BCUT2D eigenvalue weighted by Gasteiger charge is 1.94. The van der Waals surface area contributed by atoms with Crippen molar-refractivity contribution in [1.82, 2.24) is 0 Å². The maximum Gasteiger partial charge on any atom is 0.185 e. The third kappa shape index (κ3) is 17.5. The van der Waals surface area contributed by atoms with Gasteiger partial charge in [0.2, 0.25) is 0 Å². The van der Waals surface area contributed by atoms with Gasteiger partial charge in [0.1, 0.15) is 0 Å². The molecule has 0 amide bonds. The first-order valence-electron chi connectivity index (χ1n) is 8.30. The summed E-state index contributed by atoms with van der Waals surface area (Å²) in [4.78, 5) is 10.6. The standard InChI is InChI=1S/C18H32OS/c1-2-3-4-5-6-7-8-9-10-11-12-13-14-15-16-17-18(19)20/h7-10H,2-6,11-17H2,1H3,(H,19,20)/b8-7+,10-9-. The summed E-state index contributed by atoms with van der Waals surface area (Å²) in [7, 11) is 0. The van der Waals surface area contributed by atoms with Crippen LogP contribution < -0.4 is 0 Å². The molecule has 0 saturated carbocycles. The Morgan fingerprint density at radius 1 is 0.800 bits per heavy atom. The molecule has 0 aliphatic heterocycles. The maximum absolute atomic E-state index is 10.6. The van der Waals surface area contributed by atoms with Gasteiger partial charge in [0.15, 0.2) is 5.12 Å². The number of allylic oxidation sites excluding steroid dienone is 4. The van der Waals surface area contributed by atoms with Crippen molar-refractivity contribution in [2.75, 3.05) is 0 Å². The molecule has 0 radical (unpaired) electrons. The molecule has 20 heavy (non-hydrogen) atoms. The average Bonchev–Trinajstić information content (AvgIpc) is 2.43. The highest BCUT2D eigenvalue weighted by atomic mass is 32.1. The van der Waals surface area contributed by atoms with Crippen LogP contribution in [-0.2, 0) is 4.79 Å². The van der Waals surface area contributed by atoms with Crippen LogP contribution in [-0.4, -0.2) is 5.12 Å². The minimum atomic E-state index is 0.0226. The van der Waals surface area contributed by atoms with Crippen LogP contribution in [0.3, 0.4) is 0 Å². The Hall–Kier alpha value is -0.500. The zero-order chi connectivity index (χ0) is 14.9. The van der Waals surface area contributed by atoms with Crippen molar-refractivity contribution in [3.05, 3.63) is 24.3 Å². The largest absolute Gasteiger partial charge is 0.288 e. The van der Waals surface area contributed by atoms with Gasteiger partial charge in [-0.05, 0) is 32.1 Å². The van der Waals surface area contributed by atoms with Gasteiger partial charge in [-0.3, -0.25) is 4.79 Å². The van der Waals surface area contributed by atoms with Gasteiger partial charge in [0.25, 0.3) is 0 Å². The van der Waals surface area contributed by atoms with Gasteiger partial charge in [0, 0.05) is 6.42 Å². The first kappa shape index (κ1) is 19.5. The molecular weight excluding hydrogens is 264 g/mol. The summed E-state index contributed by atoms with van der Waals surface area (Å²) in [5.74, 6) is 0. The summed E-state index contributed by atoms with van der Waals surface area (Å²) in [5, 5.41) is 0.0226. The number of carbonyl (C=O) groups is 1. The quantitative estimate of drug-likeness (QED) is 0.227. The van der Waals surface area contributed by atoms with Crippen molar-refractivity contribution < 1.29 is 4.79 Å². The van der Waals surface area contributed by atoms with E-state index >= 15 is 0 Å². The third-order valence-corrected chi connectivity index (χ3v) is 3.59. The van der Waals surface area contributed by atoms with Crippen LogP contribution in [0.15, 0.2) is 24.3 Å². The molecule has 0 aromatic heterocycles. The van der Waals surface area contributed by atoms with Gasteiger partial charge in [-0.25, -0.2) is 0 Å². The number of carbonyl (C=O) groups excluding carboxylic acids is 1. The zero-order valence-electron chi connectivity index (χ0n) is 13.2. The van der Waals surface area contributed by atoms with Gasteiger partial charge in [0.05, 0.1) is 0 Å². The normalized spacial score (nSPS) is 11.7. The third-order valence-electron chi connectivity index (χ3n) is 3.37. The molecule has 0 aromatic carbocycles. The fourth-order valence-corrected chi connectivity index (χ4v) is 2.27. The lowest BCUT2D eigenvalue weighted by Crippen LogP contribution is -1.86. The van der Waals surface area contributed by atoms with Crippen molar-refractivity contribution in [1.29, 1.82) is 0 Å². The zero-order valence-corrected chi connectivity index (χ0v) is 14.0. The monoisotopic (exact) mass is 296 g/mol. The lowest BCUT2D eigenvalue weighted by molar-refractivity contribution is -0.110. The fraction of sp³-hybridized carbons (Fsp3) is 0.722. The van der Waals surface area contributed by atoms with Gasteiger partial charge < -0.3 is 0 Å². The highest BCUT2D eigenvalue weighted by Crippen LogP contribution is 2.08. The molecule has 0 spiro atoms. The van der Waals surface area contributed by atoms with E-state index in [0.717, 1.165) is 12.8 Å². The number of unbranched alkanes of at least 4 members (excludes halogenated alkanes) is 9. The van der Waals surface area contributed by atoms with Crippen molar-refractivity contribution >= 4 is 17.7 Å². The minimum Gasteiger partial charge on any atom is -0.288 e. The maximum atomic E-state index is 10.6. The number of rotatable bonds is 14. The number of hydrogen-bond acceptors (Lipinski definition) is 1. The summed E-state index contributed by atoms with van der Waals surface area (Å²) >= 11 is 3.77. The Labute approximate surface area is 131 Å². The van der Waals surface area contributed by atoms with E-state index in [1.807, 2.05) is 0 Å². The Morgan fingerprint density at radius 2 is 1.30 bits per heavy atom. The highest BCUT2D eigenvalue weighted by molar-refractivity contribution is 7.96. The van der Waals surface area contributed by atoms with Gasteiger partial charge in [-0.1, -0.05) is 69.8 Å². The lowest BCUT2D eigenvalue weighted by atomic mass is 10.1. The van der Waals surface area contributed by atoms with E-state index in [2.05, 4.69) is 43.9 Å². The molecule has 0 atom stereocenters. The van der Waals surface area contributed by atoms with Gasteiger partial charge >= 0.3 is 0 Å². The molecule has 0 aliphatic carbocycles. The van der Waals surface area contributed by atoms with Crippen molar-refractivity contribution in [2.24, 2.45) is 0 Å². The smallest absolute Gasteiger partial charge is 0.185 e. The van der Waals surface area contributed by atoms with E-state index in [4.69, 9.17) is 0 Å². The first-order chi connectivity index (χ1) is 9.77. The molecule has 2 heteroatoms. The molecular formula is C18H32OS. The van der Waals surface area contributed by atoms with Crippen LogP contribution in [0.4, 0.5) is 0 Å². The molecule has 0 N–H and O–H groups in total. The van der Waals surface area contributed by atoms with Crippen LogP contribution in [0, 0.1) is 0 Å². The molecule has 0 heterocycles. The van der Waals surface area contributed by atoms with E-state index in [-0.39, 0.29) is 5.12 Å². The summed E-state index contributed by atoms with van der Waals surface area (Å²) < 4.78 is 0. The number of hydrogen-bond donors (Lipinski definition) is 1. The SMILES string of the molecule is CCCCCC/C=C/C=C\CCCCCCCC(=O)S. The Bertz CT molecular complexity index is 269. The van der Waals surface area contributed by atoms with E-state index in [1.165, 1.54) is 57.8 Å². The Balaban J connectivity index is 3.19. The molecule has 0 fully saturated rings. The molecule has 0 aliphatic rings. The summed E-state index contributed by atoms with van der Waals surface area (Å²) in [6.07, 6.45) is 23.2. The molecule has 1 nitrogen and oxygen atoms in total. The Kier molecular flexibility index (Phi) is 16.1. The second-order valence-corrected chi connectivity index (χ2v) is 5.90. The van der Waals surface area contributed by atoms with Crippen molar-refractivity contribution in [3.8, 4) is 0 Å². The molecule has 0 saturated heterocycles. The van der Waals surface area contributed by atoms with E-state index in [0.29, 0.717) is 6.42 Å². The Morgan fingerprint density at radius 3 is 1.85 bits per heavy atom. The predicted molar refractivity (Wildman–Crippen MR) is 93.4 cm³/mol. The minimum absolute atomic E-state index is 0.0226. The first-order valence-corrected chi connectivity index (χ1v) is 8.75. The predicted octanol–water partition coefficient (Wildman–Crippen LogP) is 6.26. The molecule has 0 aromatic rings. The van der Waals surface area contributed by atoms with Crippen LogP contribution in [0.2, 0.25) is 0 Å². The van der Waals surface area contributed by atoms with Crippen molar-refractivity contribution in [2.45, 2.75) is 84.0 Å². The summed E-state index contributed by atoms with van der Waals surface area (Å²) in [6.45, 7) is 2.25. The van der Waals surface area contributed by atoms with E-state index in [9.17, 15) is 4.79 Å². The second-order valence-electron chi connectivity index (χ2n) is 5.41. The summed E-state index contributed by atoms with van der Waals surface area (Å²) in [5.41, 5.74) is 0. The van der Waals surface area contributed by atoms with Crippen LogP contribution in [0.25, 0.3) is 0 Å². The topological polar surface area (TPSA) is 17.1 Å². The molecule has 116 valence electrons. The van der Waals surface area contributed by atoms with Crippen LogP contribution >= 0.6 is 12.6 Å². The van der Waals surface area contributed by atoms with Crippen LogP contribution in [0.5, 0.6) is 0 Å². The van der Waals surface area contributed by atoms with Gasteiger partial charge in [-0.15, -0.1) is 12.6 Å². The van der Waals surface area contributed by atoms with Gasteiger partial charge in [-0.2, -0.15) is 0 Å². The van der Waals surface area contributed by atoms with E-state index < -0.39 is 0 Å². The molecule has 0 rings (SSSR count). The van der Waals surface area contributed by atoms with Crippen LogP contribution in [0.1, 0.15) is 84.0 Å². The fourth-order valence-electron chi connectivity index (χ4n) is 2.11. The average molecular weight is 297 g/mol. The van der Waals surface area contributed by atoms with E-state index in [1.54, 1.807) is 0 Å². The molecule has 0 unspecified atom stereocenters. The number of thiol groups is 1. The van der Waals surface area contributed by atoms with Crippen molar-refractivity contribution in [3.63, 3.8) is 0 Å². The lowest BCUT2D eigenvalue weighted by Gasteiger charge is -1.98.